The lowest BCUT2D eigenvalue weighted by molar-refractivity contribution is 0.0759. The van der Waals surface area contributed by atoms with E-state index in [1.807, 2.05) is 19.9 Å². The van der Waals surface area contributed by atoms with Gasteiger partial charge in [0.2, 0.25) is 5.43 Å². The third kappa shape index (κ3) is 6.20. The Bertz CT molecular complexity index is 992. The molecule has 2 amide bonds. The first-order chi connectivity index (χ1) is 14.8. The molecule has 3 rings (SSSR count). The second kappa shape index (κ2) is 10.6. The second-order valence-electron chi connectivity index (χ2n) is 8.52. The Morgan fingerprint density at radius 3 is 2.39 bits per heavy atom. The van der Waals surface area contributed by atoms with E-state index >= 15 is 0 Å². The topological polar surface area (TPSA) is 71.4 Å². The van der Waals surface area contributed by atoms with Crippen LogP contribution in [-0.2, 0) is 13.1 Å². The normalized spacial score (nSPS) is 14.4. The fourth-order valence-electron chi connectivity index (χ4n) is 3.84. The van der Waals surface area contributed by atoms with Crippen LogP contribution in [0, 0.1) is 5.92 Å². The molecule has 1 aliphatic rings. The van der Waals surface area contributed by atoms with E-state index in [0.717, 1.165) is 31.2 Å². The van der Waals surface area contributed by atoms with Gasteiger partial charge < -0.3 is 14.8 Å². The number of halogens is 1. The molecular weight excluding hydrogens is 414 g/mol. The van der Waals surface area contributed by atoms with Crippen LogP contribution in [0.3, 0.4) is 0 Å². The van der Waals surface area contributed by atoms with Gasteiger partial charge in [0, 0.05) is 43.6 Å². The number of carbonyl (C=O) groups excluding carboxylic acids is 2. The number of nitrogens with one attached hydrogen (secondary N) is 1. The van der Waals surface area contributed by atoms with E-state index in [4.69, 9.17) is 11.6 Å². The minimum absolute atomic E-state index is 0.0108. The first-order valence-corrected chi connectivity index (χ1v) is 11.3. The van der Waals surface area contributed by atoms with Gasteiger partial charge in [0.15, 0.2) is 0 Å². The molecule has 1 saturated heterocycles. The van der Waals surface area contributed by atoms with Crippen molar-refractivity contribution in [2.24, 2.45) is 5.92 Å². The van der Waals surface area contributed by atoms with Gasteiger partial charge in [-0.3, -0.25) is 14.4 Å². The maximum atomic E-state index is 13.2. The highest BCUT2D eigenvalue weighted by atomic mass is 35.5. The lowest BCUT2D eigenvalue weighted by atomic mass is 10.1. The maximum absolute atomic E-state index is 13.2. The maximum Gasteiger partial charge on any atom is 0.259 e. The SMILES string of the molecule is CC(C)Cn1cc(C(=O)NCc2cccc(Cl)c2)c(=O)c(C(=O)N2CCCCCC2)c1. The number of pyridine rings is 1. The number of hydrogen-bond acceptors (Lipinski definition) is 3. The lowest BCUT2D eigenvalue weighted by Gasteiger charge is -2.21. The quantitative estimate of drug-likeness (QED) is 0.730. The fraction of sp³-hybridized carbons (Fsp3) is 0.458. The van der Waals surface area contributed by atoms with Gasteiger partial charge in [-0.05, 0) is 36.5 Å². The van der Waals surface area contributed by atoms with Gasteiger partial charge >= 0.3 is 0 Å². The molecular formula is C24H30ClN3O3. The number of benzene rings is 1. The number of hydrogen-bond donors (Lipinski definition) is 1. The van der Waals surface area contributed by atoms with Crippen LogP contribution in [0.1, 0.15) is 65.8 Å². The summed E-state index contributed by atoms with van der Waals surface area (Å²) < 4.78 is 1.78. The van der Waals surface area contributed by atoms with Crippen LogP contribution >= 0.6 is 11.6 Å². The smallest absolute Gasteiger partial charge is 0.259 e. The van der Waals surface area contributed by atoms with E-state index in [-0.39, 0.29) is 23.6 Å². The van der Waals surface area contributed by atoms with Crippen LogP contribution in [0.5, 0.6) is 0 Å². The van der Waals surface area contributed by atoms with Crippen LogP contribution in [0.2, 0.25) is 5.02 Å². The molecule has 0 aliphatic carbocycles. The molecule has 7 heteroatoms. The molecule has 31 heavy (non-hydrogen) atoms. The van der Waals surface area contributed by atoms with Crippen molar-refractivity contribution in [1.82, 2.24) is 14.8 Å². The molecule has 0 radical (unpaired) electrons. The van der Waals surface area contributed by atoms with Gasteiger partial charge in [0.05, 0.1) is 0 Å². The van der Waals surface area contributed by atoms with E-state index in [1.165, 1.54) is 0 Å². The summed E-state index contributed by atoms with van der Waals surface area (Å²) in [5.74, 6) is -0.479. The van der Waals surface area contributed by atoms with Crippen molar-refractivity contribution in [1.29, 1.82) is 0 Å². The standard InChI is InChI=1S/C24H30ClN3O3/c1-17(2)14-27-15-20(23(30)26-13-18-8-7-9-19(25)12-18)22(29)21(16-27)24(31)28-10-5-3-4-6-11-28/h7-9,12,15-17H,3-6,10-11,13-14H2,1-2H3,(H,26,30). The minimum Gasteiger partial charge on any atom is -0.352 e. The first kappa shape index (κ1) is 23.1. The van der Waals surface area contributed by atoms with Crippen LogP contribution < -0.4 is 10.7 Å². The van der Waals surface area contributed by atoms with Crippen LogP contribution in [0.15, 0.2) is 41.5 Å². The summed E-state index contributed by atoms with van der Waals surface area (Å²) in [4.78, 5) is 40.9. The third-order valence-corrected chi connectivity index (χ3v) is 5.60. The number of likely N-dealkylation sites (tertiary alicyclic amines) is 1. The summed E-state index contributed by atoms with van der Waals surface area (Å²) in [6.45, 7) is 6.24. The van der Waals surface area contributed by atoms with Gasteiger partial charge in [-0.25, -0.2) is 0 Å². The van der Waals surface area contributed by atoms with E-state index in [9.17, 15) is 14.4 Å². The highest BCUT2D eigenvalue weighted by Gasteiger charge is 2.24. The summed E-state index contributed by atoms with van der Waals surface area (Å²) >= 11 is 6.00. The second-order valence-corrected chi connectivity index (χ2v) is 8.96. The van der Waals surface area contributed by atoms with Crippen molar-refractivity contribution < 1.29 is 9.59 Å². The monoisotopic (exact) mass is 443 g/mol. The Balaban J connectivity index is 1.89. The van der Waals surface area contributed by atoms with Crippen molar-refractivity contribution in [3.63, 3.8) is 0 Å². The van der Waals surface area contributed by atoms with Gasteiger partial charge in [0.1, 0.15) is 11.1 Å². The molecule has 0 atom stereocenters. The van der Waals surface area contributed by atoms with E-state index in [0.29, 0.717) is 30.6 Å². The predicted octanol–water partition coefficient (Wildman–Crippen LogP) is 4.10. The average molecular weight is 444 g/mol. The molecule has 1 aromatic carbocycles. The Hall–Kier alpha value is -2.60. The van der Waals surface area contributed by atoms with E-state index in [2.05, 4.69) is 5.32 Å². The Kier molecular flexibility index (Phi) is 7.91. The summed E-state index contributed by atoms with van der Waals surface area (Å²) in [6, 6.07) is 7.18. The van der Waals surface area contributed by atoms with Crippen molar-refractivity contribution in [3.8, 4) is 0 Å². The average Bonchev–Trinajstić information content (AvgIpc) is 3.02. The molecule has 0 spiro atoms. The first-order valence-electron chi connectivity index (χ1n) is 10.9. The minimum atomic E-state index is -0.516. The molecule has 2 heterocycles. The van der Waals surface area contributed by atoms with Gasteiger partial charge in [-0.2, -0.15) is 0 Å². The van der Waals surface area contributed by atoms with Crippen LogP contribution in [0.25, 0.3) is 0 Å². The molecule has 1 aliphatic heterocycles. The van der Waals surface area contributed by atoms with Crippen molar-refractivity contribution >= 4 is 23.4 Å². The number of amides is 2. The zero-order chi connectivity index (χ0) is 22.4. The van der Waals surface area contributed by atoms with Crippen molar-refractivity contribution in [2.45, 2.75) is 52.6 Å². The molecule has 0 unspecified atom stereocenters. The summed E-state index contributed by atoms with van der Waals surface area (Å²) in [5, 5.41) is 3.36. The third-order valence-electron chi connectivity index (χ3n) is 5.37. The summed E-state index contributed by atoms with van der Waals surface area (Å²) in [7, 11) is 0. The zero-order valence-electron chi connectivity index (χ0n) is 18.2. The lowest BCUT2D eigenvalue weighted by Crippen LogP contribution is -2.38. The fourth-order valence-corrected chi connectivity index (χ4v) is 4.05. The van der Waals surface area contributed by atoms with Crippen LogP contribution in [0.4, 0.5) is 0 Å². The molecule has 2 aromatic rings. The molecule has 0 saturated carbocycles. The molecule has 6 nitrogen and oxygen atoms in total. The Labute approximate surface area is 188 Å². The number of aromatic nitrogens is 1. The van der Waals surface area contributed by atoms with E-state index < -0.39 is 11.3 Å². The Morgan fingerprint density at radius 2 is 1.74 bits per heavy atom. The molecule has 166 valence electrons. The summed E-state index contributed by atoms with van der Waals surface area (Å²) in [6.07, 6.45) is 7.20. The van der Waals surface area contributed by atoms with Crippen molar-refractivity contribution in [2.75, 3.05) is 13.1 Å². The van der Waals surface area contributed by atoms with Gasteiger partial charge in [-0.15, -0.1) is 0 Å². The molecule has 1 fully saturated rings. The predicted molar refractivity (Wildman–Crippen MR) is 123 cm³/mol. The highest BCUT2D eigenvalue weighted by Crippen LogP contribution is 2.14. The van der Waals surface area contributed by atoms with Gasteiger partial charge in [0.25, 0.3) is 11.8 Å². The van der Waals surface area contributed by atoms with E-state index in [1.54, 1.807) is 40.1 Å². The molecule has 1 N–H and O–H groups in total. The largest absolute Gasteiger partial charge is 0.352 e. The zero-order valence-corrected chi connectivity index (χ0v) is 19.0. The Morgan fingerprint density at radius 1 is 1.06 bits per heavy atom. The molecule has 1 aromatic heterocycles. The van der Waals surface area contributed by atoms with Gasteiger partial charge in [-0.1, -0.05) is 50.4 Å². The number of carbonyl (C=O) groups is 2. The van der Waals surface area contributed by atoms with Crippen LogP contribution in [-0.4, -0.2) is 34.4 Å². The number of rotatable bonds is 6. The molecule has 0 bridgehead atoms. The summed E-state index contributed by atoms with van der Waals surface area (Å²) in [5.41, 5.74) is 0.374. The number of nitrogens with zero attached hydrogens (tertiary/aromatic N) is 2. The van der Waals surface area contributed by atoms with Crippen molar-refractivity contribution in [3.05, 3.63) is 68.6 Å². The highest BCUT2D eigenvalue weighted by molar-refractivity contribution is 6.30.